The van der Waals surface area contributed by atoms with Gasteiger partial charge in [-0.15, -0.1) is 10.2 Å². The molecule has 3 fully saturated rings. The Morgan fingerprint density at radius 1 is 0.968 bits per heavy atom. The van der Waals surface area contributed by atoms with Crippen LogP contribution in [0.2, 0.25) is 0 Å². The molecule has 0 aliphatic carbocycles. The fourth-order valence-corrected chi connectivity index (χ4v) is 5.55. The van der Waals surface area contributed by atoms with Crippen LogP contribution in [-0.2, 0) is 9.59 Å². The molecule has 1 atom stereocenters. The highest BCUT2D eigenvalue weighted by Gasteiger charge is 2.37. The van der Waals surface area contributed by atoms with E-state index in [2.05, 4.69) is 20.0 Å². The highest BCUT2D eigenvalue weighted by Crippen LogP contribution is 2.34. The number of rotatable bonds is 4. The molecule has 164 valence electrons. The van der Waals surface area contributed by atoms with Crippen molar-refractivity contribution in [1.29, 1.82) is 0 Å². The van der Waals surface area contributed by atoms with Crippen LogP contribution in [0.15, 0.2) is 24.3 Å². The molecular weight excluding hydrogens is 419 g/mol. The Morgan fingerprint density at radius 3 is 2.42 bits per heavy atom. The molecule has 0 bridgehead atoms. The van der Waals surface area contributed by atoms with Crippen molar-refractivity contribution in [1.82, 2.24) is 15.1 Å². The SMILES string of the molecule is O=C([C@H]1CCCN1c1nnc(N2CCCC2=O)s1)N1CCN(c2ccc(F)cc2)CC1. The second-order valence-electron chi connectivity index (χ2n) is 8.16. The van der Waals surface area contributed by atoms with Gasteiger partial charge in [0.1, 0.15) is 11.9 Å². The number of aromatic nitrogens is 2. The number of piperazine rings is 1. The van der Waals surface area contributed by atoms with E-state index in [1.807, 2.05) is 4.90 Å². The van der Waals surface area contributed by atoms with Gasteiger partial charge in [0.25, 0.3) is 0 Å². The second kappa shape index (κ2) is 8.41. The summed E-state index contributed by atoms with van der Waals surface area (Å²) in [6, 6.07) is 6.27. The van der Waals surface area contributed by atoms with Crippen molar-refractivity contribution in [2.45, 2.75) is 31.7 Å². The summed E-state index contributed by atoms with van der Waals surface area (Å²) in [5.74, 6) is -0.0196. The zero-order valence-corrected chi connectivity index (χ0v) is 18.1. The van der Waals surface area contributed by atoms with Gasteiger partial charge in [-0.25, -0.2) is 4.39 Å². The molecule has 31 heavy (non-hydrogen) atoms. The van der Waals surface area contributed by atoms with Crippen LogP contribution in [0.25, 0.3) is 0 Å². The van der Waals surface area contributed by atoms with Crippen molar-refractivity contribution in [3.63, 3.8) is 0 Å². The fraction of sp³-hybridized carbons (Fsp3) is 0.524. The van der Waals surface area contributed by atoms with Crippen molar-refractivity contribution in [2.24, 2.45) is 0 Å². The Morgan fingerprint density at radius 2 is 1.71 bits per heavy atom. The lowest BCUT2D eigenvalue weighted by Gasteiger charge is -2.38. The van der Waals surface area contributed by atoms with Gasteiger partial charge < -0.3 is 14.7 Å². The van der Waals surface area contributed by atoms with Crippen LogP contribution >= 0.6 is 11.3 Å². The molecule has 0 saturated carbocycles. The molecule has 10 heteroatoms. The molecule has 0 N–H and O–H groups in total. The topological polar surface area (TPSA) is 72.9 Å². The minimum Gasteiger partial charge on any atom is -0.368 e. The largest absolute Gasteiger partial charge is 0.368 e. The molecule has 1 aromatic heterocycles. The molecule has 1 aromatic carbocycles. The van der Waals surface area contributed by atoms with E-state index in [0.29, 0.717) is 31.2 Å². The number of carbonyl (C=O) groups is 2. The Balaban J connectivity index is 1.23. The summed E-state index contributed by atoms with van der Waals surface area (Å²) in [7, 11) is 0. The van der Waals surface area contributed by atoms with Gasteiger partial charge in [-0.05, 0) is 43.5 Å². The summed E-state index contributed by atoms with van der Waals surface area (Å²) in [5, 5.41) is 9.87. The van der Waals surface area contributed by atoms with Gasteiger partial charge >= 0.3 is 0 Å². The zero-order chi connectivity index (χ0) is 21.4. The number of hydrogen-bond donors (Lipinski definition) is 0. The molecule has 5 rings (SSSR count). The first kappa shape index (κ1) is 20.2. The maximum Gasteiger partial charge on any atom is 0.245 e. The molecule has 4 heterocycles. The molecule has 3 aliphatic heterocycles. The number of carbonyl (C=O) groups excluding carboxylic acids is 2. The Kier molecular flexibility index (Phi) is 5.47. The Bertz CT molecular complexity index is 959. The minimum absolute atomic E-state index is 0.0933. The van der Waals surface area contributed by atoms with Gasteiger partial charge in [0, 0.05) is 51.4 Å². The summed E-state index contributed by atoms with van der Waals surface area (Å²) < 4.78 is 13.2. The summed E-state index contributed by atoms with van der Waals surface area (Å²) in [6.45, 7) is 4.20. The molecule has 2 aromatic rings. The van der Waals surface area contributed by atoms with E-state index in [-0.39, 0.29) is 23.7 Å². The first-order valence-electron chi connectivity index (χ1n) is 10.8. The van der Waals surface area contributed by atoms with E-state index in [0.717, 1.165) is 49.7 Å². The van der Waals surface area contributed by atoms with E-state index in [9.17, 15) is 14.0 Å². The van der Waals surface area contributed by atoms with Gasteiger partial charge in [0.15, 0.2) is 0 Å². The maximum absolute atomic E-state index is 13.3. The lowest BCUT2D eigenvalue weighted by molar-refractivity contribution is -0.132. The smallest absolute Gasteiger partial charge is 0.245 e. The van der Waals surface area contributed by atoms with Crippen LogP contribution in [0.3, 0.4) is 0 Å². The number of nitrogens with zero attached hydrogens (tertiary/aromatic N) is 6. The van der Waals surface area contributed by atoms with Crippen molar-refractivity contribution in [3.8, 4) is 0 Å². The lowest BCUT2D eigenvalue weighted by atomic mass is 10.1. The third-order valence-corrected chi connectivity index (χ3v) is 7.26. The molecular formula is C21H25FN6O2S. The number of hydrogen-bond acceptors (Lipinski definition) is 7. The average Bonchev–Trinajstić information content (AvgIpc) is 3.54. The van der Waals surface area contributed by atoms with E-state index in [1.54, 1.807) is 17.0 Å². The normalized spacial score (nSPS) is 22.0. The molecule has 0 spiro atoms. The van der Waals surface area contributed by atoms with Crippen LogP contribution < -0.4 is 14.7 Å². The molecule has 2 amide bonds. The molecule has 3 aliphatic rings. The predicted molar refractivity (Wildman–Crippen MR) is 117 cm³/mol. The number of halogens is 1. The van der Waals surface area contributed by atoms with Crippen LogP contribution in [0.1, 0.15) is 25.7 Å². The van der Waals surface area contributed by atoms with E-state index in [1.165, 1.54) is 23.5 Å². The number of anilines is 3. The van der Waals surface area contributed by atoms with Crippen molar-refractivity contribution >= 4 is 39.1 Å². The average molecular weight is 445 g/mol. The maximum atomic E-state index is 13.3. The van der Waals surface area contributed by atoms with E-state index < -0.39 is 0 Å². The number of amides is 2. The van der Waals surface area contributed by atoms with E-state index >= 15 is 0 Å². The first-order valence-corrected chi connectivity index (χ1v) is 11.6. The standard InChI is InChI=1S/C21H25FN6O2S/c22-15-5-7-16(8-6-15)25-11-13-26(14-12-25)19(30)17-3-1-9-27(17)20-23-24-21(31-20)28-10-2-4-18(28)29/h5-8,17H,1-4,9-14H2/t17-/m1/s1. The fourth-order valence-electron chi connectivity index (χ4n) is 4.58. The van der Waals surface area contributed by atoms with Gasteiger partial charge in [0.2, 0.25) is 22.1 Å². The van der Waals surface area contributed by atoms with Crippen molar-refractivity contribution in [3.05, 3.63) is 30.1 Å². The second-order valence-corrected chi connectivity index (χ2v) is 9.09. The monoisotopic (exact) mass is 444 g/mol. The highest BCUT2D eigenvalue weighted by atomic mass is 32.1. The summed E-state index contributed by atoms with van der Waals surface area (Å²) in [6.07, 6.45) is 3.14. The van der Waals surface area contributed by atoms with Gasteiger partial charge in [-0.1, -0.05) is 11.3 Å². The van der Waals surface area contributed by atoms with Gasteiger partial charge in [-0.2, -0.15) is 0 Å². The van der Waals surface area contributed by atoms with Crippen molar-refractivity contribution in [2.75, 3.05) is 54.0 Å². The summed E-state index contributed by atoms with van der Waals surface area (Å²) in [5.41, 5.74) is 0.980. The van der Waals surface area contributed by atoms with Crippen LogP contribution in [0.5, 0.6) is 0 Å². The predicted octanol–water partition coefficient (Wildman–Crippen LogP) is 2.12. The lowest BCUT2D eigenvalue weighted by Crippen LogP contribution is -2.53. The first-order chi connectivity index (χ1) is 15.1. The molecule has 3 saturated heterocycles. The summed E-state index contributed by atoms with van der Waals surface area (Å²) >= 11 is 1.40. The van der Waals surface area contributed by atoms with Crippen LogP contribution in [0.4, 0.5) is 20.3 Å². The molecule has 0 unspecified atom stereocenters. The minimum atomic E-state index is -0.243. The Hall–Kier alpha value is -2.75. The third-order valence-electron chi connectivity index (χ3n) is 6.27. The third kappa shape index (κ3) is 3.96. The zero-order valence-electron chi connectivity index (χ0n) is 17.2. The quantitative estimate of drug-likeness (QED) is 0.719. The van der Waals surface area contributed by atoms with Gasteiger partial charge in [0.05, 0.1) is 0 Å². The highest BCUT2D eigenvalue weighted by molar-refractivity contribution is 7.19. The van der Waals surface area contributed by atoms with Crippen LogP contribution in [-0.4, -0.2) is 72.2 Å². The molecule has 8 nitrogen and oxygen atoms in total. The van der Waals surface area contributed by atoms with Crippen molar-refractivity contribution < 1.29 is 14.0 Å². The number of benzene rings is 1. The van der Waals surface area contributed by atoms with Gasteiger partial charge in [-0.3, -0.25) is 14.5 Å². The van der Waals surface area contributed by atoms with E-state index in [4.69, 9.17) is 0 Å². The van der Waals surface area contributed by atoms with Crippen LogP contribution in [0, 0.1) is 5.82 Å². The summed E-state index contributed by atoms with van der Waals surface area (Å²) in [4.78, 5) is 33.1. The molecule has 0 radical (unpaired) electrons. The Labute approximate surface area is 184 Å².